The normalized spacial score (nSPS) is 10.3. The summed E-state index contributed by atoms with van der Waals surface area (Å²) in [5.74, 6) is 1.50. The van der Waals surface area contributed by atoms with E-state index in [4.69, 9.17) is 4.74 Å². The second kappa shape index (κ2) is 8.85. The average Bonchev–Trinajstić information content (AvgIpc) is 2.74. The highest BCUT2D eigenvalue weighted by Gasteiger charge is 2.16. The van der Waals surface area contributed by atoms with E-state index in [2.05, 4.69) is 10.3 Å². The van der Waals surface area contributed by atoms with Crippen LogP contribution in [0.5, 0.6) is 5.75 Å². The molecule has 0 fully saturated rings. The molecule has 0 aliphatic heterocycles. The van der Waals surface area contributed by atoms with Gasteiger partial charge in [0.2, 0.25) is 0 Å². The van der Waals surface area contributed by atoms with E-state index in [1.165, 1.54) is 0 Å². The average molecular weight is 361 g/mol. The van der Waals surface area contributed by atoms with E-state index in [9.17, 15) is 4.79 Å². The Bertz CT molecular complexity index is 862. The molecule has 138 valence electrons. The van der Waals surface area contributed by atoms with Gasteiger partial charge in [0.05, 0.1) is 12.7 Å². The van der Waals surface area contributed by atoms with Crippen LogP contribution in [0, 0.1) is 0 Å². The number of nitrogens with one attached hydrogen (secondary N) is 1. The van der Waals surface area contributed by atoms with Crippen molar-refractivity contribution in [3.63, 3.8) is 0 Å². The van der Waals surface area contributed by atoms with Crippen LogP contribution in [-0.2, 0) is 6.54 Å². The molecule has 0 atom stereocenters. The molecule has 3 rings (SSSR count). The van der Waals surface area contributed by atoms with Gasteiger partial charge in [-0.25, -0.2) is 4.98 Å². The fourth-order valence-electron chi connectivity index (χ4n) is 2.77. The molecule has 0 bridgehead atoms. The van der Waals surface area contributed by atoms with Crippen molar-refractivity contribution in [1.82, 2.24) is 4.98 Å². The minimum absolute atomic E-state index is 0.0575. The number of hydrogen-bond donors (Lipinski definition) is 1. The van der Waals surface area contributed by atoms with Crippen molar-refractivity contribution in [1.29, 1.82) is 0 Å². The fourth-order valence-corrected chi connectivity index (χ4v) is 2.77. The highest BCUT2D eigenvalue weighted by molar-refractivity contribution is 6.05. The lowest BCUT2D eigenvalue weighted by molar-refractivity contribution is 0.0988. The number of amides is 1. The van der Waals surface area contributed by atoms with Gasteiger partial charge in [-0.2, -0.15) is 0 Å². The Kier molecular flexibility index (Phi) is 6.05. The van der Waals surface area contributed by atoms with Crippen LogP contribution in [0.1, 0.15) is 22.8 Å². The Morgan fingerprint density at radius 1 is 1.04 bits per heavy atom. The third kappa shape index (κ3) is 4.64. The topological polar surface area (TPSA) is 54.5 Å². The molecule has 1 heterocycles. The number of carbonyl (C=O) groups is 1. The summed E-state index contributed by atoms with van der Waals surface area (Å²) in [4.78, 5) is 18.9. The smallest absolute Gasteiger partial charge is 0.259 e. The number of methoxy groups -OCH3 is 1. The standard InChI is InChI=1S/C22H23N3O2/c1-3-25(19-7-5-4-6-8-19)22(26)18-11-14-21(24-16-18)23-15-17-9-12-20(27-2)13-10-17/h4-14,16H,3,15H2,1-2H3,(H,23,24). The van der Waals surface area contributed by atoms with Gasteiger partial charge >= 0.3 is 0 Å². The molecular weight excluding hydrogens is 338 g/mol. The van der Waals surface area contributed by atoms with E-state index in [1.54, 1.807) is 24.3 Å². The van der Waals surface area contributed by atoms with Crippen molar-refractivity contribution in [2.75, 3.05) is 23.9 Å². The third-order valence-corrected chi connectivity index (χ3v) is 4.27. The number of hydrogen-bond acceptors (Lipinski definition) is 4. The molecule has 2 aromatic carbocycles. The Morgan fingerprint density at radius 3 is 2.37 bits per heavy atom. The van der Waals surface area contributed by atoms with Crippen molar-refractivity contribution in [3.05, 3.63) is 84.1 Å². The number of nitrogens with zero attached hydrogens (tertiary/aromatic N) is 2. The zero-order valence-electron chi connectivity index (χ0n) is 15.6. The summed E-state index contributed by atoms with van der Waals surface area (Å²) >= 11 is 0. The highest BCUT2D eigenvalue weighted by Crippen LogP contribution is 2.17. The van der Waals surface area contributed by atoms with E-state index >= 15 is 0 Å². The molecule has 0 saturated carbocycles. The molecule has 1 amide bonds. The van der Waals surface area contributed by atoms with Crippen molar-refractivity contribution in [2.24, 2.45) is 0 Å². The first kappa shape index (κ1) is 18.5. The number of rotatable bonds is 7. The van der Waals surface area contributed by atoms with E-state index in [0.29, 0.717) is 18.7 Å². The fraction of sp³-hybridized carbons (Fsp3) is 0.182. The molecule has 0 spiro atoms. The molecule has 5 heteroatoms. The largest absolute Gasteiger partial charge is 0.497 e. The van der Waals surface area contributed by atoms with Gasteiger partial charge in [0.15, 0.2) is 0 Å². The number of benzene rings is 2. The van der Waals surface area contributed by atoms with E-state index < -0.39 is 0 Å². The molecule has 5 nitrogen and oxygen atoms in total. The second-order valence-corrected chi connectivity index (χ2v) is 6.02. The van der Waals surface area contributed by atoms with Gasteiger partial charge in [0, 0.05) is 25.0 Å². The highest BCUT2D eigenvalue weighted by atomic mass is 16.5. The third-order valence-electron chi connectivity index (χ3n) is 4.27. The van der Waals surface area contributed by atoms with Crippen LogP contribution in [0.2, 0.25) is 0 Å². The summed E-state index contributed by atoms with van der Waals surface area (Å²) in [7, 11) is 1.65. The van der Waals surface area contributed by atoms with Crippen LogP contribution in [-0.4, -0.2) is 24.5 Å². The van der Waals surface area contributed by atoms with Crippen LogP contribution >= 0.6 is 0 Å². The van der Waals surface area contributed by atoms with Gasteiger partial charge in [-0.05, 0) is 48.9 Å². The minimum atomic E-state index is -0.0575. The molecule has 1 aromatic heterocycles. The summed E-state index contributed by atoms with van der Waals surface area (Å²) in [6, 6.07) is 21.1. The summed E-state index contributed by atoms with van der Waals surface area (Å²) in [6.07, 6.45) is 1.62. The maximum atomic E-state index is 12.8. The zero-order valence-corrected chi connectivity index (χ0v) is 15.6. The summed E-state index contributed by atoms with van der Waals surface area (Å²) in [5.41, 5.74) is 2.57. The lowest BCUT2D eigenvalue weighted by atomic mass is 10.2. The van der Waals surface area contributed by atoms with Gasteiger partial charge in [0.25, 0.3) is 5.91 Å². The number of ether oxygens (including phenoxy) is 1. The maximum Gasteiger partial charge on any atom is 0.259 e. The summed E-state index contributed by atoms with van der Waals surface area (Å²) in [6.45, 7) is 3.21. The lowest BCUT2D eigenvalue weighted by Gasteiger charge is -2.21. The molecule has 0 aliphatic carbocycles. The van der Waals surface area contributed by atoms with Crippen LogP contribution < -0.4 is 15.0 Å². The van der Waals surface area contributed by atoms with Gasteiger partial charge < -0.3 is 15.0 Å². The van der Waals surface area contributed by atoms with Crippen molar-refractivity contribution in [2.45, 2.75) is 13.5 Å². The molecule has 1 N–H and O–H groups in total. The van der Waals surface area contributed by atoms with E-state index in [1.807, 2.05) is 67.6 Å². The molecule has 0 unspecified atom stereocenters. The van der Waals surface area contributed by atoms with Crippen molar-refractivity contribution in [3.8, 4) is 5.75 Å². The molecule has 0 aliphatic rings. The van der Waals surface area contributed by atoms with Gasteiger partial charge in [-0.3, -0.25) is 4.79 Å². The van der Waals surface area contributed by atoms with Crippen LogP contribution in [0.15, 0.2) is 72.9 Å². The van der Waals surface area contributed by atoms with Crippen molar-refractivity contribution < 1.29 is 9.53 Å². The summed E-state index contributed by atoms with van der Waals surface area (Å²) < 4.78 is 5.16. The van der Waals surface area contributed by atoms with Crippen molar-refractivity contribution >= 4 is 17.4 Å². The molecule has 0 saturated heterocycles. The van der Waals surface area contributed by atoms with Gasteiger partial charge in [-0.15, -0.1) is 0 Å². The molecular formula is C22H23N3O2. The number of aromatic nitrogens is 1. The maximum absolute atomic E-state index is 12.8. The Labute approximate surface area is 159 Å². The summed E-state index contributed by atoms with van der Waals surface area (Å²) in [5, 5.41) is 3.26. The second-order valence-electron chi connectivity index (χ2n) is 6.02. The van der Waals surface area contributed by atoms with Crippen LogP contribution in [0.3, 0.4) is 0 Å². The number of pyridine rings is 1. The van der Waals surface area contributed by atoms with Crippen LogP contribution in [0.25, 0.3) is 0 Å². The first-order valence-corrected chi connectivity index (χ1v) is 8.91. The number of carbonyl (C=O) groups excluding carboxylic acids is 1. The van der Waals surface area contributed by atoms with E-state index in [0.717, 1.165) is 22.8 Å². The number of para-hydroxylation sites is 1. The first-order chi connectivity index (χ1) is 13.2. The SMILES string of the molecule is CCN(C(=O)c1ccc(NCc2ccc(OC)cc2)nc1)c1ccccc1. The predicted molar refractivity (Wildman–Crippen MR) is 108 cm³/mol. The van der Waals surface area contributed by atoms with E-state index in [-0.39, 0.29) is 5.91 Å². The Hall–Kier alpha value is -3.34. The van der Waals surface area contributed by atoms with Crippen LogP contribution in [0.4, 0.5) is 11.5 Å². The Morgan fingerprint density at radius 2 is 1.78 bits per heavy atom. The minimum Gasteiger partial charge on any atom is -0.497 e. The monoisotopic (exact) mass is 361 g/mol. The molecule has 27 heavy (non-hydrogen) atoms. The molecule has 3 aromatic rings. The van der Waals surface area contributed by atoms with Gasteiger partial charge in [-0.1, -0.05) is 30.3 Å². The zero-order chi connectivity index (χ0) is 19.1. The molecule has 0 radical (unpaired) electrons. The Balaban J connectivity index is 1.64. The predicted octanol–water partition coefficient (Wildman–Crippen LogP) is 4.37. The van der Waals surface area contributed by atoms with Gasteiger partial charge in [0.1, 0.15) is 11.6 Å². The first-order valence-electron chi connectivity index (χ1n) is 8.91. The quantitative estimate of drug-likeness (QED) is 0.679. The number of anilines is 2. The lowest BCUT2D eigenvalue weighted by Crippen LogP contribution is -2.30.